The molecule has 0 aliphatic carbocycles. The molecular weight excluding hydrogens is 226 g/mol. The number of hydrogen-bond donors (Lipinski definition) is 0. The summed E-state index contributed by atoms with van der Waals surface area (Å²) in [5, 5.41) is 1.68. The second-order valence-corrected chi connectivity index (χ2v) is 6.37. The molecule has 0 saturated carbocycles. The van der Waals surface area contributed by atoms with Crippen molar-refractivity contribution in [1.29, 1.82) is 0 Å². The van der Waals surface area contributed by atoms with Gasteiger partial charge in [-0.05, 0) is 6.92 Å². The molecule has 0 spiro atoms. The predicted octanol–water partition coefficient (Wildman–Crippen LogP) is 1.77. The fourth-order valence-electron chi connectivity index (χ4n) is 1.12. The Morgan fingerprint density at radius 1 is 0.938 bits per heavy atom. The van der Waals surface area contributed by atoms with Crippen LogP contribution in [0.15, 0.2) is 0 Å². The van der Waals surface area contributed by atoms with Gasteiger partial charge in [0.15, 0.2) is 0 Å². The Morgan fingerprint density at radius 2 is 1.38 bits per heavy atom. The molecule has 0 aromatic heterocycles. The first-order valence-electron chi connectivity index (χ1n) is 5.47. The molecule has 0 N–H and O–H groups in total. The summed E-state index contributed by atoms with van der Waals surface area (Å²) in [7, 11) is 6.41. The normalized spacial score (nSPS) is 11.2. The Kier molecular flexibility index (Phi) is 13.2. The van der Waals surface area contributed by atoms with E-state index < -0.39 is 8.80 Å². The summed E-state index contributed by atoms with van der Waals surface area (Å²) in [5.74, 6) is 0. The molecule has 100 valence electrons. The van der Waals surface area contributed by atoms with E-state index in [4.69, 9.17) is 18.1 Å². The van der Waals surface area contributed by atoms with Gasteiger partial charge in [0.05, 0.1) is 6.61 Å². The van der Waals surface area contributed by atoms with Gasteiger partial charge in [0.2, 0.25) is 0 Å². The van der Waals surface area contributed by atoms with Gasteiger partial charge in [-0.15, -0.1) is 0 Å². The molecule has 0 rings (SSSR count). The summed E-state index contributed by atoms with van der Waals surface area (Å²) in [6.07, 6.45) is 1.03. The van der Waals surface area contributed by atoms with Crippen molar-refractivity contribution >= 4 is 8.80 Å². The van der Waals surface area contributed by atoms with Gasteiger partial charge in [0.1, 0.15) is 0 Å². The topological polar surface area (TPSA) is 40.2 Å². The third kappa shape index (κ3) is 9.26. The lowest BCUT2D eigenvalue weighted by Gasteiger charge is -2.23. The Balaban J connectivity index is 0. The first kappa shape index (κ1) is 18.4. The van der Waals surface area contributed by atoms with Crippen LogP contribution in [0.5, 0.6) is 0 Å². The minimum Gasteiger partial charge on any atom is -0.377 e. The van der Waals surface area contributed by atoms with E-state index in [1.807, 2.05) is 21.0 Å². The van der Waals surface area contributed by atoms with Gasteiger partial charge in [0.25, 0.3) is 0 Å². The third-order valence-electron chi connectivity index (χ3n) is 1.88. The average molecular weight is 253 g/mol. The molecule has 5 nitrogen and oxygen atoms in total. The van der Waals surface area contributed by atoms with Gasteiger partial charge in [-0.25, -0.2) is 0 Å². The zero-order chi connectivity index (χ0) is 13.0. The summed E-state index contributed by atoms with van der Waals surface area (Å²) in [5.41, 5.74) is 0. The molecule has 0 aromatic rings. The zero-order valence-corrected chi connectivity index (χ0v) is 12.7. The van der Waals surface area contributed by atoms with Crippen LogP contribution in [0.3, 0.4) is 0 Å². The van der Waals surface area contributed by atoms with Crippen molar-refractivity contribution in [3.63, 3.8) is 0 Å². The van der Waals surface area contributed by atoms with Crippen LogP contribution in [0.25, 0.3) is 0 Å². The first-order chi connectivity index (χ1) is 7.51. The van der Waals surface area contributed by atoms with Crippen molar-refractivity contribution in [2.24, 2.45) is 0 Å². The van der Waals surface area contributed by atoms with Crippen LogP contribution < -0.4 is 0 Å². The average Bonchev–Trinajstić information content (AvgIpc) is 2.27. The van der Waals surface area contributed by atoms with Crippen LogP contribution in [0, 0.1) is 0 Å². The molecule has 0 atom stereocenters. The van der Waals surface area contributed by atoms with E-state index in [2.05, 4.69) is 6.92 Å². The van der Waals surface area contributed by atoms with Gasteiger partial charge >= 0.3 is 8.80 Å². The van der Waals surface area contributed by atoms with Crippen molar-refractivity contribution in [3.05, 3.63) is 0 Å². The Bertz CT molecular complexity index is 135. The summed E-state index contributed by atoms with van der Waals surface area (Å²) < 4.78 is 15.5. The van der Waals surface area contributed by atoms with Gasteiger partial charge in [-0.3, -0.25) is 4.84 Å². The van der Waals surface area contributed by atoms with Gasteiger partial charge in [0, 0.05) is 41.5 Å². The van der Waals surface area contributed by atoms with E-state index in [0.717, 1.165) is 19.1 Å². The number of rotatable bonds is 7. The maximum absolute atomic E-state index is 5.17. The molecule has 0 unspecified atom stereocenters. The van der Waals surface area contributed by atoms with Crippen molar-refractivity contribution in [1.82, 2.24) is 5.06 Å². The quantitative estimate of drug-likeness (QED) is 0.511. The highest BCUT2D eigenvalue weighted by molar-refractivity contribution is 6.60. The van der Waals surface area contributed by atoms with Crippen LogP contribution in [0.4, 0.5) is 0 Å². The van der Waals surface area contributed by atoms with E-state index in [0.29, 0.717) is 0 Å². The Morgan fingerprint density at radius 3 is 1.44 bits per heavy atom. The van der Waals surface area contributed by atoms with Gasteiger partial charge in [-0.1, -0.05) is 13.3 Å². The van der Waals surface area contributed by atoms with Crippen LogP contribution in [0.1, 0.15) is 20.3 Å². The maximum atomic E-state index is 5.17. The molecule has 0 radical (unpaired) electrons. The molecule has 0 aliphatic heterocycles. The van der Waals surface area contributed by atoms with Crippen molar-refractivity contribution in [2.75, 3.05) is 42.0 Å². The van der Waals surface area contributed by atoms with E-state index in [9.17, 15) is 0 Å². The summed E-state index contributed by atoms with van der Waals surface area (Å²) >= 11 is 0. The number of hydroxylamine groups is 2. The van der Waals surface area contributed by atoms with Crippen molar-refractivity contribution in [3.8, 4) is 0 Å². The molecule has 0 heterocycles. The molecule has 0 aromatic carbocycles. The lowest BCUT2D eigenvalue weighted by Crippen LogP contribution is -2.42. The van der Waals surface area contributed by atoms with Crippen LogP contribution in [-0.2, 0) is 18.1 Å². The van der Waals surface area contributed by atoms with E-state index in [-0.39, 0.29) is 0 Å². The van der Waals surface area contributed by atoms with Crippen molar-refractivity contribution < 1.29 is 18.1 Å². The minimum absolute atomic E-state index is 0.757. The van der Waals surface area contributed by atoms with Crippen molar-refractivity contribution in [2.45, 2.75) is 26.3 Å². The third-order valence-corrected chi connectivity index (χ3v) is 4.85. The van der Waals surface area contributed by atoms with Gasteiger partial charge in [-0.2, -0.15) is 5.06 Å². The molecule has 0 bridgehead atoms. The molecular formula is C10H27NO4Si. The standard InChI is InChI=1S/C6H16O3Si.C4H11NO/c1-5-6-10(7-2,8-3)9-4;1-4-6-5(2)3/h5-6H2,1-4H3;4H2,1-3H3. The summed E-state index contributed by atoms with van der Waals surface area (Å²) in [6.45, 7) is 4.80. The van der Waals surface area contributed by atoms with Gasteiger partial charge < -0.3 is 13.3 Å². The molecule has 16 heavy (non-hydrogen) atoms. The fourth-order valence-corrected chi connectivity index (χ4v) is 2.85. The smallest absolute Gasteiger partial charge is 0.377 e. The first-order valence-corrected chi connectivity index (χ1v) is 7.40. The molecule has 0 aliphatic rings. The monoisotopic (exact) mass is 253 g/mol. The summed E-state index contributed by atoms with van der Waals surface area (Å²) in [4.78, 5) is 4.88. The van der Waals surface area contributed by atoms with E-state index in [1.165, 1.54) is 0 Å². The van der Waals surface area contributed by atoms with Crippen LogP contribution in [0.2, 0.25) is 6.04 Å². The second kappa shape index (κ2) is 11.5. The SMILES string of the molecule is CCC[Si](OC)(OC)OC.CCON(C)C. The lowest BCUT2D eigenvalue weighted by molar-refractivity contribution is -0.113. The zero-order valence-electron chi connectivity index (χ0n) is 11.7. The number of nitrogens with zero attached hydrogens (tertiary/aromatic N) is 1. The highest BCUT2D eigenvalue weighted by atomic mass is 28.4. The molecule has 0 fully saturated rings. The number of hydrogen-bond acceptors (Lipinski definition) is 5. The Labute approximate surface area is 101 Å². The van der Waals surface area contributed by atoms with E-state index in [1.54, 1.807) is 26.4 Å². The molecule has 6 heteroatoms. The molecule has 0 saturated heterocycles. The van der Waals surface area contributed by atoms with Crippen LogP contribution in [-0.4, -0.2) is 55.9 Å². The highest BCUT2D eigenvalue weighted by Gasteiger charge is 2.36. The lowest BCUT2D eigenvalue weighted by atomic mass is 10.6. The second-order valence-electron chi connectivity index (χ2n) is 3.28. The van der Waals surface area contributed by atoms with E-state index >= 15 is 0 Å². The predicted molar refractivity (Wildman–Crippen MR) is 67.2 cm³/mol. The fraction of sp³-hybridized carbons (Fsp3) is 1.00. The highest BCUT2D eigenvalue weighted by Crippen LogP contribution is 2.13. The largest absolute Gasteiger partial charge is 0.500 e. The Hall–Kier alpha value is 0.0169. The summed E-state index contributed by atoms with van der Waals surface area (Å²) in [6, 6.07) is 0.885. The minimum atomic E-state index is -2.22. The maximum Gasteiger partial charge on any atom is 0.500 e. The van der Waals surface area contributed by atoms with Crippen LogP contribution >= 0.6 is 0 Å². The molecule has 0 amide bonds.